The molecule has 0 atom stereocenters. The molecule has 0 saturated heterocycles. The Balaban J connectivity index is 2.41. The minimum absolute atomic E-state index is 0.264. The van der Waals surface area contributed by atoms with Crippen molar-refractivity contribution in [2.75, 3.05) is 12.3 Å². The maximum absolute atomic E-state index is 8.56. The molecule has 12 heavy (non-hydrogen) atoms. The number of nitrogen functional groups attached to an aromatic ring is 1. The highest BCUT2D eigenvalue weighted by Gasteiger charge is 1.93. The summed E-state index contributed by atoms with van der Waals surface area (Å²) in [5, 5.41) is 8.56. The van der Waals surface area contributed by atoms with Crippen LogP contribution in [0.4, 0.5) is 5.82 Å². The average Bonchev–Trinajstić information content (AvgIpc) is 2.05. The molecule has 3 heteroatoms. The lowest BCUT2D eigenvalue weighted by atomic mass is 10.1. The Morgan fingerprint density at radius 2 is 2.25 bits per heavy atom. The lowest BCUT2D eigenvalue weighted by Gasteiger charge is -2.00. The van der Waals surface area contributed by atoms with E-state index < -0.39 is 0 Å². The molecular weight excluding hydrogens is 152 g/mol. The van der Waals surface area contributed by atoms with Crippen molar-refractivity contribution in [1.29, 1.82) is 0 Å². The summed E-state index contributed by atoms with van der Waals surface area (Å²) >= 11 is 0. The van der Waals surface area contributed by atoms with Gasteiger partial charge in [-0.05, 0) is 37.0 Å². The third-order valence-corrected chi connectivity index (χ3v) is 1.72. The quantitative estimate of drug-likeness (QED) is 0.655. The van der Waals surface area contributed by atoms with Crippen molar-refractivity contribution in [2.24, 2.45) is 0 Å². The predicted molar refractivity (Wildman–Crippen MR) is 48.7 cm³/mol. The predicted octanol–water partition coefficient (Wildman–Crippen LogP) is 0.979. The first kappa shape index (κ1) is 9.00. The molecule has 0 radical (unpaired) electrons. The molecule has 3 nitrogen and oxygen atoms in total. The third kappa shape index (κ3) is 2.88. The van der Waals surface area contributed by atoms with E-state index in [1.54, 1.807) is 6.20 Å². The molecule has 0 aliphatic rings. The zero-order valence-electron chi connectivity index (χ0n) is 7.03. The largest absolute Gasteiger partial charge is 0.396 e. The molecule has 0 aliphatic heterocycles. The highest BCUT2D eigenvalue weighted by Crippen LogP contribution is 2.06. The number of rotatable bonds is 4. The number of nitrogens with zero attached hydrogens (tertiary/aromatic N) is 1. The Morgan fingerprint density at radius 3 is 2.92 bits per heavy atom. The zero-order valence-corrected chi connectivity index (χ0v) is 7.03. The van der Waals surface area contributed by atoms with E-state index in [0.717, 1.165) is 19.3 Å². The fraction of sp³-hybridized carbons (Fsp3) is 0.444. The molecule has 0 amide bonds. The summed E-state index contributed by atoms with van der Waals surface area (Å²) in [7, 11) is 0. The van der Waals surface area contributed by atoms with E-state index in [9.17, 15) is 0 Å². The first-order valence-corrected chi connectivity index (χ1v) is 4.14. The molecule has 0 saturated carbocycles. The number of unbranched alkanes of at least 4 members (excludes halogenated alkanes) is 1. The lowest BCUT2D eigenvalue weighted by Crippen LogP contribution is -1.93. The number of hydrogen-bond acceptors (Lipinski definition) is 3. The number of aliphatic hydroxyl groups excluding tert-OH is 1. The van der Waals surface area contributed by atoms with Crippen LogP contribution < -0.4 is 5.73 Å². The first-order chi connectivity index (χ1) is 5.83. The van der Waals surface area contributed by atoms with E-state index in [1.807, 2.05) is 12.1 Å². The van der Waals surface area contributed by atoms with E-state index in [0.29, 0.717) is 5.82 Å². The maximum atomic E-state index is 8.56. The van der Waals surface area contributed by atoms with Crippen molar-refractivity contribution >= 4 is 5.82 Å². The summed E-state index contributed by atoms with van der Waals surface area (Å²) in [5.74, 6) is 0.566. The minimum atomic E-state index is 0.264. The van der Waals surface area contributed by atoms with Gasteiger partial charge in [0.25, 0.3) is 0 Å². The van der Waals surface area contributed by atoms with Gasteiger partial charge in [-0.2, -0.15) is 0 Å². The normalized spacial score (nSPS) is 10.1. The second kappa shape index (κ2) is 4.72. The first-order valence-electron chi connectivity index (χ1n) is 4.14. The highest BCUT2D eigenvalue weighted by atomic mass is 16.2. The van der Waals surface area contributed by atoms with Gasteiger partial charge in [0.2, 0.25) is 0 Å². The average molecular weight is 166 g/mol. The fourth-order valence-corrected chi connectivity index (χ4v) is 1.09. The van der Waals surface area contributed by atoms with Crippen LogP contribution in [0.15, 0.2) is 18.3 Å². The Bertz CT molecular complexity index is 238. The van der Waals surface area contributed by atoms with E-state index in [4.69, 9.17) is 10.8 Å². The molecule has 0 spiro atoms. The van der Waals surface area contributed by atoms with Gasteiger partial charge in [0.05, 0.1) is 0 Å². The number of hydrogen-bond donors (Lipinski definition) is 2. The molecule has 3 N–H and O–H groups in total. The summed E-state index contributed by atoms with van der Waals surface area (Å²) in [4.78, 5) is 3.90. The number of aryl methyl sites for hydroxylation is 1. The Kier molecular flexibility index (Phi) is 3.54. The van der Waals surface area contributed by atoms with Crippen LogP contribution in [-0.2, 0) is 6.42 Å². The van der Waals surface area contributed by atoms with Crippen LogP contribution in [0.5, 0.6) is 0 Å². The van der Waals surface area contributed by atoms with Crippen LogP contribution in [-0.4, -0.2) is 16.7 Å². The van der Waals surface area contributed by atoms with Crippen LogP contribution in [0.2, 0.25) is 0 Å². The zero-order chi connectivity index (χ0) is 8.81. The Labute approximate surface area is 72.2 Å². The smallest absolute Gasteiger partial charge is 0.123 e. The summed E-state index contributed by atoms with van der Waals surface area (Å²) in [5.41, 5.74) is 6.69. The topological polar surface area (TPSA) is 59.1 Å². The van der Waals surface area contributed by atoms with Crippen molar-refractivity contribution in [3.05, 3.63) is 23.9 Å². The molecule has 0 fully saturated rings. The molecule has 0 unspecified atom stereocenters. The number of nitrogens with two attached hydrogens (primary N) is 1. The van der Waals surface area contributed by atoms with Crippen molar-refractivity contribution in [2.45, 2.75) is 19.3 Å². The molecule has 0 aromatic carbocycles. The van der Waals surface area contributed by atoms with Crippen LogP contribution in [0.1, 0.15) is 18.4 Å². The van der Waals surface area contributed by atoms with Gasteiger partial charge in [-0.1, -0.05) is 0 Å². The van der Waals surface area contributed by atoms with E-state index >= 15 is 0 Å². The van der Waals surface area contributed by atoms with Crippen LogP contribution in [0.25, 0.3) is 0 Å². The van der Waals surface area contributed by atoms with Gasteiger partial charge in [0.1, 0.15) is 5.82 Å². The van der Waals surface area contributed by atoms with Crippen LogP contribution in [0, 0.1) is 0 Å². The molecule has 1 heterocycles. The Morgan fingerprint density at radius 1 is 1.42 bits per heavy atom. The van der Waals surface area contributed by atoms with E-state index in [1.165, 1.54) is 5.56 Å². The summed E-state index contributed by atoms with van der Waals surface area (Å²) < 4.78 is 0. The summed E-state index contributed by atoms with van der Waals surface area (Å²) in [6.45, 7) is 0.264. The van der Waals surface area contributed by atoms with E-state index in [-0.39, 0.29) is 6.61 Å². The number of anilines is 1. The molecular formula is C9H14N2O. The molecule has 1 rings (SSSR count). The molecule has 1 aromatic heterocycles. The van der Waals surface area contributed by atoms with Gasteiger partial charge in [-0.15, -0.1) is 0 Å². The van der Waals surface area contributed by atoms with Gasteiger partial charge >= 0.3 is 0 Å². The lowest BCUT2D eigenvalue weighted by molar-refractivity contribution is 0.284. The molecule has 0 bridgehead atoms. The van der Waals surface area contributed by atoms with Gasteiger partial charge in [0, 0.05) is 12.8 Å². The highest BCUT2D eigenvalue weighted by molar-refractivity contribution is 5.31. The third-order valence-electron chi connectivity index (χ3n) is 1.72. The number of aliphatic hydroxyl groups is 1. The molecule has 66 valence electrons. The minimum Gasteiger partial charge on any atom is -0.396 e. The Hall–Kier alpha value is -1.09. The van der Waals surface area contributed by atoms with E-state index in [2.05, 4.69) is 4.98 Å². The van der Waals surface area contributed by atoms with Crippen molar-refractivity contribution < 1.29 is 5.11 Å². The maximum Gasteiger partial charge on any atom is 0.123 e. The second-order valence-electron chi connectivity index (χ2n) is 2.77. The standard InChI is InChI=1S/C9H14N2O/c10-9-7-8(4-5-11-9)3-1-2-6-12/h4-5,7,12H,1-3,6H2,(H2,10,11). The van der Waals surface area contributed by atoms with Crippen LogP contribution in [0.3, 0.4) is 0 Å². The number of aromatic nitrogens is 1. The molecule has 0 aliphatic carbocycles. The summed E-state index contributed by atoms with van der Waals surface area (Å²) in [6.07, 6.45) is 4.53. The van der Waals surface area contributed by atoms with Gasteiger partial charge in [-0.3, -0.25) is 0 Å². The van der Waals surface area contributed by atoms with Gasteiger partial charge in [-0.25, -0.2) is 4.98 Å². The van der Waals surface area contributed by atoms with Crippen LogP contribution >= 0.6 is 0 Å². The summed E-state index contributed by atoms with van der Waals surface area (Å²) in [6, 6.07) is 3.82. The van der Waals surface area contributed by atoms with Crippen molar-refractivity contribution in [3.63, 3.8) is 0 Å². The van der Waals surface area contributed by atoms with Crippen molar-refractivity contribution in [3.8, 4) is 0 Å². The van der Waals surface area contributed by atoms with Gasteiger partial charge in [0.15, 0.2) is 0 Å². The fourth-order valence-electron chi connectivity index (χ4n) is 1.09. The molecule has 1 aromatic rings. The van der Waals surface area contributed by atoms with Gasteiger partial charge < -0.3 is 10.8 Å². The van der Waals surface area contributed by atoms with Crippen molar-refractivity contribution in [1.82, 2.24) is 4.98 Å². The second-order valence-corrected chi connectivity index (χ2v) is 2.77. The monoisotopic (exact) mass is 166 g/mol. The SMILES string of the molecule is Nc1cc(CCCCO)ccn1. The number of pyridine rings is 1.